The summed E-state index contributed by atoms with van der Waals surface area (Å²) >= 11 is 6.21. The molecule has 2 aliphatic rings. The van der Waals surface area contributed by atoms with Gasteiger partial charge in [0.1, 0.15) is 6.61 Å². The molecule has 4 heteroatoms. The summed E-state index contributed by atoms with van der Waals surface area (Å²) < 4.78 is 5.43. The van der Waals surface area contributed by atoms with Crippen molar-refractivity contribution in [2.24, 2.45) is 5.92 Å². The van der Waals surface area contributed by atoms with Gasteiger partial charge in [-0.05, 0) is 53.6 Å². The number of hydrogen-bond acceptors (Lipinski definition) is 3. The maximum atomic E-state index is 12.2. The monoisotopic (exact) mass is 369 g/mol. The zero-order valence-electron chi connectivity index (χ0n) is 15.0. The minimum absolute atomic E-state index is 0.127. The number of nitrogens with zero attached hydrogens (tertiary/aromatic N) is 1. The van der Waals surface area contributed by atoms with E-state index in [4.69, 9.17) is 16.3 Å². The van der Waals surface area contributed by atoms with Gasteiger partial charge in [0.25, 0.3) is 0 Å². The van der Waals surface area contributed by atoms with Crippen LogP contribution in [-0.2, 0) is 16.1 Å². The first-order valence-corrected chi connectivity index (χ1v) is 9.74. The number of benzene rings is 2. The number of carbonyl (C=O) groups excluding carboxylic acids is 1. The molecule has 1 saturated heterocycles. The Morgan fingerprint density at radius 1 is 1.19 bits per heavy atom. The fourth-order valence-corrected chi connectivity index (χ4v) is 4.79. The van der Waals surface area contributed by atoms with Crippen LogP contribution in [0.5, 0.6) is 0 Å². The number of fused-ring (bicyclic) bond motifs is 5. The summed E-state index contributed by atoms with van der Waals surface area (Å²) in [5.74, 6) is 1.03. The van der Waals surface area contributed by atoms with Gasteiger partial charge in [0.05, 0.1) is 6.42 Å². The van der Waals surface area contributed by atoms with Crippen molar-refractivity contribution >= 4 is 17.6 Å². The molecule has 2 aromatic rings. The minimum Gasteiger partial charge on any atom is -0.461 e. The standard InChI is InChI=1S/C22H24ClNO2/c1-15-18-9-11-24(22(15)19-8-7-17(23)13-20(18)19)12-10-21(25)26-14-16-5-3-2-4-6-16/h2-8,13,15,18,22H,9-12,14H2,1H3/t15-,18?,22?/m0/s1. The number of esters is 1. The molecule has 0 N–H and O–H groups in total. The number of rotatable bonds is 5. The van der Waals surface area contributed by atoms with Gasteiger partial charge < -0.3 is 4.74 Å². The molecule has 0 saturated carbocycles. The third-order valence-electron chi connectivity index (χ3n) is 5.87. The van der Waals surface area contributed by atoms with Gasteiger partial charge in [0, 0.05) is 17.6 Å². The lowest BCUT2D eigenvalue weighted by Crippen LogP contribution is -2.38. The molecule has 0 amide bonds. The van der Waals surface area contributed by atoms with Crippen molar-refractivity contribution in [2.45, 2.75) is 38.3 Å². The number of halogens is 1. The van der Waals surface area contributed by atoms with Gasteiger partial charge >= 0.3 is 5.97 Å². The van der Waals surface area contributed by atoms with Gasteiger partial charge in [-0.3, -0.25) is 9.69 Å². The number of hydrogen-bond donors (Lipinski definition) is 0. The van der Waals surface area contributed by atoms with E-state index in [2.05, 4.69) is 24.0 Å². The van der Waals surface area contributed by atoms with Gasteiger partial charge in [0.2, 0.25) is 0 Å². The smallest absolute Gasteiger partial charge is 0.307 e. The van der Waals surface area contributed by atoms with Crippen molar-refractivity contribution in [3.63, 3.8) is 0 Å². The first-order valence-electron chi connectivity index (χ1n) is 9.36. The predicted molar refractivity (Wildman–Crippen MR) is 103 cm³/mol. The summed E-state index contributed by atoms with van der Waals surface area (Å²) in [4.78, 5) is 14.6. The first kappa shape index (κ1) is 17.6. The van der Waals surface area contributed by atoms with E-state index >= 15 is 0 Å². The van der Waals surface area contributed by atoms with Crippen molar-refractivity contribution in [1.29, 1.82) is 0 Å². The quantitative estimate of drug-likeness (QED) is 0.698. The van der Waals surface area contributed by atoms with E-state index < -0.39 is 0 Å². The van der Waals surface area contributed by atoms with E-state index in [1.807, 2.05) is 36.4 Å². The van der Waals surface area contributed by atoms with Crippen molar-refractivity contribution in [1.82, 2.24) is 4.90 Å². The molecule has 3 atom stereocenters. The first-order chi connectivity index (χ1) is 12.6. The molecule has 3 nitrogen and oxygen atoms in total. The van der Waals surface area contributed by atoms with Crippen LogP contribution in [0.25, 0.3) is 0 Å². The second-order valence-electron chi connectivity index (χ2n) is 7.40. The van der Waals surface area contributed by atoms with Gasteiger partial charge in [-0.1, -0.05) is 54.9 Å². The van der Waals surface area contributed by atoms with E-state index in [1.54, 1.807) is 0 Å². The van der Waals surface area contributed by atoms with Gasteiger partial charge in [-0.15, -0.1) is 0 Å². The summed E-state index contributed by atoms with van der Waals surface area (Å²) in [7, 11) is 0. The molecule has 0 aromatic heterocycles. The number of carbonyl (C=O) groups is 1. The third-order valence-corrected chi connectivity index (χ3v) is 6.10. The summed E-state index contributed by atoms with van der Waals surface area (Å²) in [6.07, 6.45) is 1.56. The number of ether oxygens (including phenoxy) is 1. The van der Waals surface area contributed by atoms with Crippen LogP contribution in [-0.4, -0.2) is 24.0 Å². The summed E-state index contributed by atoms with van der Waals surface area (Å²) in [5, 5.41) is 0.819. The molecule has 1 aliphatic carbocycles. The Morgan fingerprint density at radius 3 is 2.81 bits per heavy atom. The normalized spacial score (nSPS) is 24.3. The fourth-order valence-electron chi connectivity index (χ4n) is 4.61. The van der Waals surface area contributed by atoms with Crippen molar-refractivity contribution < 1.29 is 9.53 Å². The maximum Gasteiger partial charge on any atom is 0.307 e. The fraction of sp³-hybridized carbons (Fsp3) is 0.409. The van der Waals surface area contributed by atoms with Crippen LogP contribution in [0.4, 0.5) is 0 Å². The van der Waals surface area contributed by atoms with Crippen LogP contribution in [0.15, 0.2) is 48.5 Å². The molecule has 4 rings (SSSR count). The van der Waals surface area contributed by atoms with E-state index in [9.17, 15) is 4.79 Å². The van der Waals surface area contributed by atoms with Crippen LogP contribution in [0, 0.1) is 5.92 Å². The van der Waals surface area contributed by atoms with Crippen LogP contribution in [0.3, 0.4) is 0 Å². The largest absolute Gasteiger partial charge is 0.461 e. The molecule has 136 valence electrons. The Kier molecular flexibility index (Phi) is 5.01. The lowest BCUT2D eigenvalue weighted by atomic mass is 9.85. The molecular formula is C22H24ClNO2. The Bertz CT molecular complexity index is 792. The van der Waals surface area contributed by atoms with Crippen molar-refractivity contribution in [2.75, 3.05) is 13.1 Å². The van der Waals surface area contributed by atoms with Gasteiger partial charge in [0.15, 0.2) is 0 Å². The zero-order valence-corrected chi connectivity index (χ0v) is 15.8. The highest BCUT2D eigenvalue weighted by Crippen LogP contribution is 2.53. The van der Waals surface area contributed by atoms with Crippen LogP contribution < -0.4 is 0 Å². The van der Waals surface area contributed by atoms with E-state index in [1.165, 1.54) is 11.1 Å². The zero-order chi connectivity index (χ0) is 18.1. The third kappa shape index (κ3) is 3.38. The molecule has 26 heavy (non-hydrogen) atoms. The van der Waals surface area contributed by atoms with Gasteiger partial charge in [-0.25, -0.2) is 0 Å². The molecule has 2 unspecified atom stereocenters. The molecule has 1 fully saturated rings. The minimum atomic E-state index is -0.127. The highest BCUT2D eigenvalue weighted by atomic mass is 35.5. The van der Waals surface area contributed by atoms with E-state index in [0.29, 0.717) is 30.9 Å². The second-order valence-corrected chi connectivity index (χ2v) is 7.84. The number of likely N-dealkylation sites (tertiary alicyclic amines) is 1. The summed E-state index contributed by atoms with van der Waals surface area (Å²) in [6, 6.07) is 16.5. The summed E-state index contributed by atoms with van der Waals surface area (Å²) in [5.41, 5.74) is 3.82. The Morgan fingerprint density at radius 2 is 2.00 bits per heavy atom. The number of piperidine rings is 1. The summed E-state index contributed by atoms with van der Waals surface area (Å²) in [6.45, 7) is 4.45. The highest BCUT2D eigenvalue weighted by molar-refractivity contribution is 6.30. The molecule has 1 heterocycles. The van der Waals surface area contributed by atoms with Crippen molar-refractivity contribution in [3.05, 3.63) is 70.2 Å². The Balaban J connectivity index is 1.37. The van der Waals surface area contributed by atoms with Crippen LogP contribution in [0.2, 0.25) is 5.02 Å². The molecule has 0 spiro atoms. The highest BCUT2D eigenvalue weighted by Gasteiger charge is 2.44. The molecular weight excluding hydrogens is 346 g/mol. The van der Waals surface area contributed by atoms with E-state index in [0.717, 1.165) is 30.1 Å². The molecule has 0 radical (unpaired) electrons. The van der Waals surface area contributed by atoms with Crippen molar-refractivity contribution in [3.8, 4) is 0 Å². The Labute approximate surface area is 159 Å². The average molecular weight is 370 g/mol. The van der Waals surface area contributed by atoms with Crippen LogP contribution >= 0.6 is 11.6 Å². The molecule has 2 bridgehead atoms. The molecule has 1 aliphatic heterocycles. The molecule has 2 aromatic carbocycles. The second kappa shape index (κ2) is 7.42. The lowest BCUT2D eigenvalue weighted by Gasteiger charge is -2.38. The SMILES string of the molecule is C[C@H]1C2CCN(CCC(=O)OCc3ccccc3)C1c1ccc(Cl)cc12. The lowest BCUT2D eigenvalue weighted by molar-refractivity contribution is -0.145. The van der Waals surface area contributed by atoms with E-state index in [-0.39, 0.29) is 5.97 Å². The predicted octanol–water partition coefficient (Wildman–Crippen LogP) is 4.95. The Hall–Kier alpha value is -1.84. The average Bonchev–Trinajstić information content (AvgIpc) is 2.82. The maximum absolute atomic E-state index is 12.2. The topological polar surface area (TPSA) is 29.5 Å². The van der Waals surface area contributed by atoms with Crippen LogP contribution in [0.1, 0.15) is 48.4 Å². The van der Waals surface area contributed by atoms with Gasteiger partial charge in [-0.2, -0.15) is 0 Å².